The van der Waals surface area contributed by atoms with Crippen LogP contribution in [0.2, 0.25) is 5.02 Å². The number of halogens is 1. The SMILES string of the molecule is NNC(=O)CCCCCOc1cc(Cl)ccc1[N+](=O)[O-]. The van der Waals surface area contributed by atoms with Crippen molar-refractivity contribution in [3.63, 3.8) is 0 Å². The minimum Gasteiger partial charge on any atom is -0.487 e. The van der Waals surface area contributed by atoms with Crippen LogP contribution < -0.4 is 16.0 Å². The van der Waals surface area contributed by atoms with Crippen LogP contribution in [0, 0.1) is 10.1 Å². The number of carbonyl (C=O) groups is 1. The molecule has 20 heavy (non-hydrogen) atoms. The minimum atomic E-state index is -0.517. The molecule has 1 rings (SSSR count). The molecular weight excluding hydrogens is 286 g/mol. The third kappa shape index (κ3) is 5.41. The van der Waals surface area contributed by atoms with Crippen LogP contribution in [-0.2, 0) is 4.79 Å². The van der Waals surface area contributed by atoms with Gasteiger partial charge in [0.2, 0.25) is 5.91 Å². The fourth-order valence-corrected chi connectivity index (χ4v) is 1.74. The highest BCUT2D eigenvalue weighted by Gasteiger charge is 2.15. The van der Waals surface area contributed by atoms with E-state index in [4.69, 9.17) is 22.2 Å². The molecule has 110 valence electrons. The van der Waals surface area contributed by atoms with E-state index in [0.717, 1.165) is 6.42 Å². The van der Waals surface area contributed by atoms with E-state index in [1.165, 1.54) is 18.2 Å². The van der Waals surface area contributed by atoms with Gasteiger partial charge in [0.15, 0.2) is 5.75 Å². The highest BCUT2D eigenvalue weighted by molar-refractivity contribution is 6.30. The molecule has 0 unspecified atom stereocenters. The van der Waals surface area contributed by atoms with E-state index in [1.807, 2.05) is 5.43 Å². The number of unbranched alkanes of at least 4 members (excludes halogenated alkanes) is 2. The number of amides is 1. The molecule has 1 amide bonds. The molecule has 0 aliphatic carbocycles. The second kappa shape index (κ2) is 8.34. The number of nitrogens with one attached hydrogen (secondary N) is 1. The lowest BCUT2D eigenvalue weighted by Crippen LogP contribution is -2.29. The molecule has 0 aromatic heterocycles. The van der Waals surface area contributed by atoms with Crippen molar-refractivity contribution < 1.29 is 14.5 Å². The van der Waals surface area contributed by atoms with E-state index >= 15 is 0 Å². The predicted octanol–water partition coefficient (Wildman–Crippen LogP) is 2.18. The molecule has 3 N–H and O–H groups in total. The molecule has 0 heterocycles. The molecule has 0 spiro atoms. The molecule has 0 saturated heterocycles. The zero-order valence-corrected chi connectivity index (χ0v) is 11.6. The third-order valence-electron chi connectivity index (χ3n) is 2.59. The highest BCUT2D eigenvalue weighted by atomic mass is 35.5. The summed E-state index contributed by atoms with van der Waals surface area (Å²) in [6, 6.07) is 4.17. The lowest BCUT2D eigenvalue weighted by molar-refractivity contribution is -0.385. The van der Waals surface area contributed by atoms with Gasteiger partial charge in [-0.25, -0.2) is 5.84 Å². The summed E-state index contributed by atoms with van der Waals surface area (Å²) in [5.41, 5.74) is 1.93. The maximum Gasteiger partial charge on any atom is 0.311 e. The van der Waals surface area contributed by atoms with Crippen molar-refractivity contribution in [2.24, 2.45) is 5.84 Å². The Hall–Kier alpha value is -1.86. The standard InChI is InChI=1S/C12H16ClN3O4/c13-9-5-6-10(16(18)19)11(8-9)20-7-3-1-2-4-12(17)15-14/h5-6,8H,1-4,7,14H2,(H,15,17). The molecule has 0 saturated carbocycles. The Morgan fingerprint density at radius 2 is 2.15 bits per heavy atom. The molecule has 0 aliphatic rings. The number of nitro benzene ring substituents is 1. The van der Waals surface area contributed by atoms with Gasteiger partial charge < -0.3 is 4.74 Å². The Morgan fingerprint density at radius 3 is 2.80 bits per heavy atom. The summed E-state index contributed by atoms with van der Waals surface area (Å²) in [6.07, 6.45) is 2.49. The van der Waals surface area contributed by atoms with E-state index < -0.39 is 4.92 Å². The highest BCUT2D eigenvalue weighted by Crippen LogP contribution is 2.30. The van der Waals surface area contributed by atoms with Crippen LogP contribution in [0.25, 0.3) is 0 Å². The Labute approximate surface area is 121 Å². The molecule has 0 bridgehead atoms. The molecule has 7 nitrogen and oxygen atoms in total. The van der Waals surface area contributed by atoms with Gasteiger partial charge in [-0.2, -0.15) is 0 Å². The number of carbonyl (C=O) groups excluding carboxylic acids is 1. The number of nitro groups is 1. The van der Waals surface area contributed by atoms with E-state index in [9.17, 15) is 14.9 Å². The summed E-state index contributed by atoms with van der Waals surface area (Å²) in [5.74, 6) is 4.89. The first-order chi connectivity index (χ1) is 9.54. The Balaban J connectivity index is 2.36. The van der Waals surface area contributed by atoms with E-state index in [2.05, 4.69) is 0 Å². The number of hydrazine groups is 1. The van der Waals surface area contributed by atoms with Gasteiger partial charge >= 0.3 is 5.69 Å². The number of ether oxygens (including phenoxy) is 1. The molecule has 0 radical (unpaired) electrons. The first-order valence-electron chi connectivity index (χ1n) is 6.10. The summed E-state index contributed by atoms with van der Waals surface area (Å²) < 4.78 is 5.36. The van der Waals surface area contributed by atoms with Crippen LogP contribution in [-0.4, -0.2) is 17.4 Å². The van der Waals surface area contributed by atoms with Crippen molar-refractivity contribution in [3.8, 4) is 5.75 Å². The van der Waals surface area contributed by atoms with Crippen molar-refractivity contribution in [1.29, 1.82) is 0 Å². The third-order valence-corrected chi connectivity index (χ3v) is 2.82. The van der Waals surface area contributed by atoms with Crippen molar-refractivity contribution in [3.05, 3.63) is 33.3 Å². The molecule has 0 atom stereocenters. The molecule has 0 aliphatic heterocycles. The summed E-state index contributed by atoms with van der Waals surface area (Å²) in [5, 5.41) is 11.2. The fourth-order valence-electron chi connectivity index (χ4n) is 1.57. The van der Waals surface area contributed by atoms with Crippen LogP contribution in [0.1, 0.15) is 25.7 Å². The number of rotatable bonds is 8. The van der Waals surface area contributed by atoms with Crippen molar-refractivity contribution in [2.45, 2.75) is 25.7 Å². The number of hydrogen-bond donors (Lipinski definition) is 2. The summed E-state index contributed by atoms with van der Waals surface area (Å²) >= 11 is 5.78. The van der Waals surface area contributed by atoms with E-state index in [-0.39, 0.29) is 17.3 Å². The smallest absolute Gasteiger partial charge is 0.311 e. The normalized spacial score (nSPS) is 10.1. The number of nitrogens with zero attached hydrogens (tertiary/aromatic N) is 1. The van der Waals surface area contributed by atoms with Gasteiger partial charge in [-0.05, 0) is 25.3 Å². The Kier molecular flexibility index (Phi) is 6.75. The number of benzene rings is 1. The molecule has 1 aromatic rings. The second-order valence-corrected chi connectivity index (χ2v) is 4.53. The maximum absolute atomic E-state index is 10.9. The van der Waals surface area contributed by atoms with Crippen LogP contribution in [0.15, 0.2) is 18.2 Å². The quantitative estimate of drug-likeness (QED) is 0.251. The molecule has 1 aromatic carbocycles. The van der Waals surface area contributed by atoms with Crippen LogP contribution in [0.3, 0.4) is 0 Å². The molecular formula is C12H16ClN3O4. The van der Waals surface area contributed by atoms with Gasteiger partial charge in [-0.15, -0.1) is 0 Å². The molecule has 0 fully saturated rings. The monoisotopic (exact) mass is 301 g/mol. The summed E-state index contributed by atoms with van der Waals surface area (Å²) in [7, 11) is 0. The maximum atomic E-state index is 10.9. The summed E-state index contributed by atoms with van der Waals surface area (Å²) in [6.45, 7) is 0.325. The Morgan fingerprint density at radius 1 is 1.40 bits per heavy atom. The van der Waals surface area contributed by atoms with Crippen LogP contribution in [0.4, 0.5) is 5.69 Å². The fraction of sp³-hybridized carbons (Fsp3) is 0.417. The van der Waals surface area contributed by atoms with Crippen molar-refractivity contribution in [1.82, 2.24) is 5.43 Å². The second-order valence-electron chi connectivity index (χ2n) is 4.10. The van der Waals surface area contributed by atoms with E-state index in [0.29, 0.717) is 30.9 Å². The van der Waals surface area contributed by atoms with Gasteiger partial charge in [0.1, 0.15) is 0 Å². The van der Waals surface area contributed by atoms with Gasteiger partial charge in [-0.3, -0.25) is 20.3 Å². The summed E-state index contributed by atoms with van der Waals surface area (Å²) in [4.78, 5) is 21.2. The van der Waals surface area contributed by atoms with Gasteiger partial charge in [0, 0.05) is 23.6 Å². The first-order valence-corrected chi connectivity index (χ1v) is 6.48. The number of hydrogen-bond acceptors (Lipinski definition) is 5. The lowest BCUT2D eigenvalue weighted by Gasteiger charge is -2.07. The zero-order chi connectivity index (χ0) is 15.0. The van der Waals surface area contributed by atoms with E-state index in [1.54, 1.807) is 0 Å². The van der Waals surface area contributed by atoms with Crippen molar-refractivity contribution >= 4 is 23.2 Å². The average molecular weight is 302 g/mol. The average Bonchev–Trinajstić information content (AvgIpc) is 2.42. The predicted molar refractivity (Wildman–Crippen MR) is 74.4 cm³/mol. The lowest BCUT2D eigenvalue weighted by atomic mass is 10.2. The van der Waals surface area contributed by atoms with Crippen LogP contribution >= 0.6 is 11.6 Å². The molecule has 8 heteroatoms. The zero-order valence-electron chi connectivity index (χ0n) is 10.8. The van der Waals surface area contributed by atoms with Gasteiger partial charge in [0.05, 0.1) is 11.5 Å². The Bertz CT molecular complexity index is 482. The van der Waals surface area contributed by atoms with Gasteiger partial charge in [-0.1, -0.05) is 11.6 Å². The van der Waals surface area contributed by atoms with Crippen molar-refractivity contribution in [2.75, 3.05) is 6.61 Å². The first kappa shape index (κ1) is 16.2. The van der Waals surface area contributed by atoms with Gasteiger partial charge in [0.25, 0.3) is 0 Å². The van der Waals surface area contributed by atoms with Crippen LogP contribution in [0.5, 0.6) is 5.75 Å². The number of nitrogens with two attached hydrogens (primary N) is 1. The topological polar surface area (TPSA) is 107 Å². The largest absolute Gasteiger partial charge is 0.487 e. The minimum absolute atomic E-state index is 0.114.